The zero-order valence-corrected chi connectivity index (χ0v) is 14.2. The second kappa shape index (κ2) is 4.91. The molecule has 25 heavy (non-hydrogen) atoms. The highest BCUT2D eigenvalue weighted by Gasteiger charge is 2.76. The molecule has 4 rings (SSSR count). The average Bonchev–Trinajstić information content (AvgIpc) is 3.09. The quantitative estimate of drug-likeness (QED) is 0.261. The van der Waals surface area contributed by atoms with Gasteiger partial charge in [0.05, 0.1) is 11.8 Å². The molecule has 3 fully saturated rings. The molecule has 0 spiro atoms. The molecule has 7 atom stereocenters. The molecule has 2 aliphatic heterocycles. The molecule has 1 saturated carbocycles. The lowest BCUT2D eigenvalue weighted by Crippen LogP contribution is -2.57. The SMILES string of the molecule is C=C1C(=O)OC2C1C(OC(C)=O)CC(C)(OO)C13C=CC(C)(OO1)C23. The standard InChI is InChI=1S/C17H20O8/c1-8-11-10(21-9(2)18)7-16(4,23-20)17-6-5-15(3,24-25-17)13(17)12(11)22-14(8)19/h5-6,10-13,20H,1,7H2,2-4H3. The Balaban J connectivity index is 1.88. The van der Waals surface area contributed by atoms with E-state index in [1.807, 2.05) is 6.08 Å². The monoisotopic (exact) mass is 352 g/mol. The summed E-state index contributed by atoms with van der Waals surface area (Å²) >= 11 is 0. The third-order valence-corrected chi connectivity index (χ3v) is 6.03. The van der Waals surface area contributed by atoms with Crippen LogP contribution in [-0.4, -0.2) is 46.2 Å². The molecule has 0 aromatic rings. The zero-order chi connectivity index (χ0) is 18.2. The summed E-state index contributed by atoms with van der Waals surface area (Å²) in [5, 5.41) is 9.71. The number of hydrogen-bond donors (Lipinski definition) is 1. The van der Waals surface area contributed by atoms with E-state index in [1.54, 1.807) is 19.9 Å². The Kier molecular flexibility index (Phi) is 3.28. The number of esters is 2. The summed E-state index contributed by atoms with van der Waals surface area (Å²) in [6.45, 7) is 8.56. The van der Waals surface area contributed by atoms with Gasteiger partial charge in [0.2, 0.25) is 0 Å². The lowest BCUT2D eigenvalue weighted by atomic mass is 9.71. The largest absolute Gasteiger partial charge is 0.462 e. The van der Waals surface area contributed by atoms with Gasteiger partial charge in [-0.1, -0.05) is 12.7 Å². The summed E-state index contributed by atoms with van der Waals surface area (Å²) in [5.74, 6) is -2.12. The first-order chi connectivity index (χ1) is 11.7. The van der Waals surface area contributed by atoms with Crippen LogP contribution >= 0.6 is 0 Å². The van der Waals surface area contributed by atoms with Crippen LogP contribution in [0.25, 0.3) is 0 Å². The summed E-state index contributed by atoms with van der Waals surface area (Å²) in [4.78, 5) is 39.8. The number of fused-ring (bicyclic) bond motifs is 1. The molecule has 2 saturated heterocycles. The highest BCUT2D eigenvalue weighted by molar-refractivity contribution is 5.91. The van der Waals surface area contributed by atoms with E-state index in [4.69, 9.17) is 24.1 Å². The van der Waals surface area contributed by atoms with Crippen LogP contribution in [0.2, 0.25) is 0 Å². The predicted octanol–water partition coefficient (Wildman–Crippen LogP) is 1.31. The summed E-state index contributed by atoms with van der Waals surface area (Å²) in [6.07, 6.45) is 2.19. The molecule has 2 bridgehead atoms. The fourth-order valence-corrected chi connectivity index (χ4v) is 4.83. The predicted molar refractivity (Wildman–Crippen MR) is 80.7 cm³/mol. The maximum atomic E-state index is 12.2. The lowest BCUT2D eigenvalue weighted by molar-refractivity contribution is -0.413. The Bertz CT molecular complexity index is 701. The number of carbonyl (C=O) groups is 2. The highest BCUT2D eigenvalue weighted by atomic mass is 17.2. The zero-order valence-electron chi connectivity index (χ0n) is 14.2. The molecule has 0 radical (unpaired) electrons. The van der Waals surface area contributed by atoms with Gasteiger partial charge in [0, 0.05) is 18.9 Å². The molecule has 8 nitrogen and oxygen atoms in total. The van der Waals surface area contributed by atoms with Gasteiger partial charge >= 0.3 is 11.9 Å². The highest BCUT2D eigenvalue weighted by Crippen LogP contribution is 2.62. The third-order valence-electron chi connectivity index (χ3n) is 6.03. The Hall–Kier alpha value is -1.74. The van der Waals surface area contributed by atoms with E-state index in [1.165, 1.54) is 6.92 Å². The normalized spacial score (nSPS) is 50.2. The fourth-order valence-electron chi connectivity index (χ4n) is 4.83. The lowest BCUT2D eigenvalue weighted by Gasteiger charge is -2.41. The van der Waals surface area contributed by atoms with Gasteiger partial charge in [-0.2, -0.15) is 0 Å². The molecule has 1 N–H and O–H groups in total. The van der Waals surface area contributed by atoms with Crippen LogP contribution < -0.4 is 0 Å². The van der Waals surface area contributed by atoms with Gasteiger partial charge in [-0.3, -0.25) is 10.1 Å². The van der Waals surface area contributed by atoms with Crippen molar-refractivity contribution < 1.29 is 39.0 Å². The molecule has 4 aliphatic rings. The molecular formula is C17H20O8. The summed E-state index contributed by atoms with van der Waals surface area (Å²) in [5.41, 5.74) is -3.14. The summed E-state index contributed by atoms with van der Waals surface area (Å²) in [6, 6.07) is 0. The van der Waals surface area contributed by atoms with E-state index in [0.29, 0.717) is 0 Å². The topological polar surface area (TPSA) is 101 Å². The van der Waals surface area contributed by atoms with Crippen molar-refractivity contribution in [1.82, 2.24) is 0 Å². The van der Waals surface area contributed by atoms with Crippen LogP contribution in [0.5, 0.6) is 0 Å². The smallest absolute Gasteiger partial charge is 0.334 e. The van der Waals surface area contributed by atoms with E-state index >= 15 is 0 Å². The number of carbonyl (C=O) groups excluding carboxylic acids is 2. The minimum Gasteiger partial charge on any atom is -0.462 e. The molecule has 2 heterocycles. The summed E-state index contributed by atoms with van der Waals surface area (Å²) < 4.78 is 11.1. The van der Waals surface area contributed by atoms with Crippen molar-refractivity contribution in [2.75, 3.05) is 0 Å². The molecule has 0 aromatic carbocycles. The van der Waals surface area contributed by atoms with Crippen molar-refractivity contribution in [3.8, 4) is 0 Å². The second-order valence-corrected chi connectivity index (χ2v) is 7.55. The Labute approximate surface area is 144 Å². The van der Waals surface area contributed by atoms with Crippen molar-refractivity contribution in [2.45, 2.75) is 56.2 Å². The molecule has 0 aromatic heterocycles. The molecule has 0 amide bonds. The van der Waals surface area contributed by atoms with Crippen molar-refractivity contribution in [2.24, 2.45) is 11.8 Å². The van der Waals surface area contributed by atoms with Gasteiger partial charge in [-0.05, 0) is 19.9 Å². The molecule has 8 heteroatoms. The fraction of sp³-hybridized carbons (Fsp3) is 0.647. The van der Waals surface area contributed by atoms with Crippen molar-refractivity contribution >= 4 is 11.9 Å². The van der Waals surface area contributed by atoms with E-state index in [-0.39, 0.29) is 12.0 Å². The van der Waals surface area contributed by atoms with Gasteiger partial charge in [0.15, 0.2) is 5.60 Å². The van der Waals surface area contributed by atoms with Crippen LogP contribution in [0.15, 0.2) is 24.3 Å². The Morgan fingerprint density at radius 2 is 2.08 bits per heavy atom. The van der Waals surface area contributed by atoms with Gasteiger partial charge in [0.25, 0.3) is 0 Å². The van der Waals surface area contributed by atoms with Crippen LogP contribution in [-0.2, 0) is 33.7 Å². The average molecular weight is 352 g/mol. The van der Waals surface area contributed by atoms with Crippen molar-refractivity contribution in [3.63, 3.8) is 0 Å². The van der Waals surface area contributed by atoms with Gasteiger partial charge < -0.3 is 9.47 Å². The number of rotatable bonds is 2. The third kappa shape index (κ3) is 1.90. The van der Waals surface area contributed by atoms with Crippen LogP contribution in [0.3, 0.4) is 0 Å². The molecule has 7 unspecified atom stereocenters. The van der Waals surface area contributed by atoms with Gasteiger partial charge in [0.1, 0.15) is 23.4 Å². The molecule has 136 valence electrons. The first-order valence-electron chi connectivity index (χ1n) is 8.14. The second-order valence-electron chi connectivity index (χ2n) is 7.55. The molecular weight excluding hydrogens is 332 g/mol. The van der Waals surface area contributed by atoms with E-state index in [0.717, 1.165) is 0 Å². The van der Waals surface area contributed by atoms with E-state index < -0.39 is 52.8 Å². The minimum atomic E-state index is -1.29. The van der Waals surface area contributed by atoms with Gasteiger partial charge in [-0.15, -0.1) is 0 Å². The minimum absolute atomic E-state index is 0.0696. The maximum absolute atomic E-state index is 12.2. The van der Waals surface area contributed by atoms with Crippen molar-refractivity contribution in [3.05, 3.63) is 24.3 Å². The Morgan fingerprint density at radius 1 is 1.36 bits per heavy atom. The molecule has 2 aliphatic carbocycles. The first-order valence-corrected chi connectivity index (χ1v) is 8.14. The van der Waals surface area contributed by atoms with E-state index in [9.17, 15) is 14.8 Å². The number of ether oxygens (including phenoxy) is 2. The van der Waals surface area contributed by atoms with Crippen LogP contribution in [0.4, 0.5) is 0 Å². The maximum Gasteiger partial charge on any atom is 0.334 e. The summed E-state index contributed by atoms with van der Waals surface area (Å²) in [7, 11) is 0. The van der Waals surface area contributed by atoms with Crippen molar-refractivity contribution in [1.29, 1.82) is 0 Å². The Morgan fingerprint density at radius 3 is 2.64 bits per heavy atom. The first kappa shape index (κ1) is 16.7. The van der Waals surface area contributed by atoms with Crippen LogP contribution in [0.1, 0.15) is 27.2 Å². The van der Waals surface area contributed by atoms with E-state index in [2.05, 4.69) is 6.58 Å². The number of hydrogen-bond acceptors (Lipinski definition) is 8. The van der Waals surface area contributed by atoms with Crippen LogP contribution in [0, 0.1) is 11.8 Å². The van der Waals surface area contributed by atoms with Gasteiger partial charge in [-0.25, -0.2) is 19.5 Å².